The molecule has 4 nitrogen and oxygen atoms in total. The first-order chi connectivity index (χ1) is 8.16. The molecule has 0 bridgehead atoms. The van der Waals surface area contributed by atoms with Gasteiger partial charge in [-0.25, -0.2) is 4.79 Å². The standard InChI is InChI=1S/C13H17NO3/c14-10-4-5-12(15)11(8-10)13(16)17-7-6-9-2-1-3-9/h4-5,8-9,15H,1-3,6-7,14H2. The van der Waals surface area contributed by atoms with Gasteiger partial charge in [-0.3, -0.25) is 0 Å². The maximum absolute atomic E-state index is 11.7. The van der Waals surface area contributed by atoms with Crippen LogP contribution >= 0.6 is 0 Å². The van der Waals surface area contributed by atoms with Crippen LogP contribution < -0.4 is 5.73 Å². The number of hydrogen-bond acceptors (Lipinski definition) is 4. The summed E-state index contributed by atoms with van der Waals surface area (Å²) in [5.74, 6) is 0.110. The normalized spacial score (nSPS) is 15.3. The Kier molecular flexibility index (Phi) is 3.52. The summed E-state index contributed by atoms with van der Waals surface area (Å²) in [5, 5.41) is 9.51. The molecule has 2 rings (SSSR count). The van der Waals surface area contributed by atoms with E-state index in [4.69, 9.17) is 10.5 Å². The van der Waals surface area contributed by atoms with Crippen molar-refractivity contribution in [3.63, 3.8) is 0 Å². The Labute approximate surface area is 100 Å². The molecule has 0 amide bonds. The van der Waals surface area contributed by atoms with Crippen LogP contribution in [0.2, 0.25) is 0 Å². The third-order valence-electron chi connectivity index (χ3n) is 3.22. The molecule has 0 atom stereocenters. The Bertz CT molecular complexity index is 413. The summed E-state index contributed by atoms with van der Waals surface area (Å²) in [6, 6.07) is 4.37. The highest BCUT2D eigenvalue weighted by atomic mass is 16.5. The fourth-order valence-electron chi connectivity index (χ4n) is 1.89. The van der Waals surface area contributed by atoms with Gasteiger partial charge < -0.3 is 15.6 Å². The number of carbonyl (C=O) groups is 1. The number of hydrogen-bond donors (Lipinski definition) is 2. The van der Waals surface area contributed by atoms with E-state index in [1.165, 1.54) is 31.4 Å². The van der Waals surface area contributed by atoms with Crippen LogP contribution in [0.1, 0.15) is 36.0 Å². The fraction of sp³-hybridized carbons (Fsp3) is 0.462. The van der Waals surface area contributed by atoms with Crippen LogP contribution in [0.25, 0.3) is 0 Å². The van der Waals surface area contributed by atoms with Crippen molar-refractivity contribution >= 4 is 11.7 Å². The predicted molar refractivity (Wildman–Crippen MR) is 64.8 cm³/mol. The predicted octanol–water partition coefficient (Wildman–Crippen LogP) is 2.32. The summed E-state index contributed by atoms with van der Waals surface area (Å²) in [5.41, 5.74) is 6.13. The van der Waals surface area contributed by atoms with Crippen LogP contribution in [-0.2, 0) is 4.74 Å². The van der Waals surface area contributed by atoms with Crippen molar-refractivity contribution < 1.29 is 14.6 Å². The fourth-order valence-corrected chi connectivity index (χ4v) is 1.89. The highest BCUT2D eigenvalue weighted by Gasteiger charge is 2.18. The van der Waals surface area contributed by atoms with Gasteiger partial charge in [-0.05, 0) is 30.5 Å². The minimum Gasteiger partial charge on any atom is -0.507 e. The number of carbonyl (C=O) groups excluding carboxylic acids is 1. The highest BCUT2D eigenvalue weighted by Crippen LogP contribution is 2.29. The van der Waals surface area contributed by atoms with E-state index in [1.807, 2.05) is 0 Å². The molecule has 1 aromatic carbocycles. The van der Waals surface area contributed by atoms with E-state index in [-0.39, 0.29) is 11.3 Å². The molecule has 92 valence electrons. The maximum Gasteiger partial charge on any atom is 0.341 e. The molecule has 0 saturated heterocycles. The molecule has 1 saturated carbocycles. The van der Waals surface area contributed by atoms with Crippen molar-refractivity contribution in [1.29, 1.82) is 0 Å². The number of rotatable bonds is 4. The Morgan fingerprint density at radius 3 is 2.88 bits per heavy atom. The van der Waals surface area contributed by atoms with Gasteiger partial charge in [-0.2, -0.15) is 0 Å². The molecule has 1 aliphatic carbocycles. The second-order valence-electron chi connectivity index (χ2n) is 4.50. The summed E-state index contributed by atoms with van der Waals surface area (Å²) >= 11 is 0. The maximum atomic E-state index is 11.7. The van der Waals surface area contributed by atoms with Gasteiger partial charge >= 0.3 is 5.97 Å². The SMILES string of the molecule is Nc1ccc(O)c(C(=O)OCCC2CCC2)c1. The van der Waals surface area contributed by atoms with Crippen molar-refractivity contribution in [2.24, 2.45) is 5.92 Å². The first-order valence-electron chi connectivity index (χ1n) is 5.92. The third kappa shape index (κ3) is 2.90. The lowest BCUT2D eigenvalue weighted by atomic mass is 9.83. The van der Waals surface area contributed by atoms with Gasteiger partial charge in [0.2, 0.25) is 0 Å². The third-order valence-corrected chi connectivity index (χ3v) is 3.22. The molecule has 0 spiro atoms. The molecule has 0 aliphatic heterocycles. The average Bonchev–Trinajstić information content (AvgIpc) is 2.25. The van der Waals surface area contributed by atoms with Crippen LogP contribution in [0.4, 0.5) is 5.69 Å². The Morgan fingerprint density at radius 1 is 1.47 bits per heavy atom. The van der Waals surface area contributed by atoms with E-state index >= 15 is 0 Å². The minimum absolute atomic E-state index is 0.0900. The number of anilines is 1. The summed E-state index contributed by atoms with van der Waals surface area (Å²) in [7, 11) is 0. The number of nitrogen functional groups attached to an aromatic ring is 1. The van der Waals surface area contributed by atoms with Gasteiger partial charge in [-0.15, -0.1) is 0 Å². The van der Waals surface area contributed by atoms with Crippen molar-refractivity contribution in [3.05, 3.63) is 23.8 Å². The highest BCUT2D eigenvalue weighted by molar-refractivity contribution is 5.93. The molecular formula is C13H17NO3. The van der Waals surface area contributed by atoms with E-state index in [9.17, 15) is 9.90 Å². The molecule has 1 aromatic rings. The lowest BCUT2D eigenvalue weighted by Crippen LogP contribution is -2.15. The van der Waals surface area contributed by atoms with Crippen molar-refractivity contribution in [3.8, 4) is 5.75 Å². The van der Waals surface area contributed by atoms with E-state index in [0.29, 0.717) is 18.2 Å². The van der Waals surface area contributed by atoms with Gasteiger partial charge in [0.15, 0.2) is 0 Å². The largest absolute Gasteiger partial charge is 0.507 e. The number of esters is 1. The number of phenolic OH excluding ortho intramolecular Hbond substituents is 1. The van der Waals surface area contributed by atoms with Gasteiger partial charge in [0.05, 0.1) is 6.61 Å². The summed E-state index contributed by atoms with van der Waals surface area (Å²) < 4.78 is 5.12. The molecular weight excluding hydrogens is 218 g/mol. The topological polar surface area (TPSA) is 72.5 Å². The Balaban J connectivity index is 1.87. The van der Waals surface area contributed by atoms with Gasteiger partial charge in [0.1, 0.15) is 11.3 Å². The molecule has 0 radical (unpaired) electrons. The van der Waals surface area contributed by atoms with Crippen molar-refractivity contribution in [1.82, 2.24) is 0 Å². The molecule has 1 fully saturated rings. The van der Waals surface area contributed by atoms with Crippen LogP contribution in [0.3, 0.4) is 0 Å². The quantitative estimate of drug-likeness (QED) is 0.477. The number of aromatic hydroxyl groups is 1. The molecule has 0 unspecified atom stereocenters. The zero-order valence-electron chi connectivity index (χ0n) is 9.69. The second kappa shape index (κ2) is 5.08. The monoisotopic (exact) mass is 235 g/mol. The number of phenols is 1. The van der Waals surface area contributed by atoms with Crippen molar-refractivity contribution in [2.75, 3.05) is 12.3 Å². The van der Waals surface area contributed by atoms with Crippen molar-refractivity contribution in [2.45, 2.75) is 25.7 Å². The van der Waals surface area contributed by atoms with E-state index in [1.54, 1.807) is 6.07 Å². The smallest absolute Gasteiger partial charge is 0.341 e. The zero-order valence-corrected chi connectivity index (χ0v) is 9.69. The van der Waals surface area contributed by atoms with E-state index in [2.05, 4.69) is 0 Å². The van der Waals surface area contributed by atoms with Gasteiger partial charge in [0, 0.05) is 5.69 Å². The first-order valence-corrected chi connectivity index (χ1v) is 5.92. The molecule has 3 N–H and O–H groups in total. The average molecular weight is 235 g/mol. The van der Waals surface area contributed by atoms with Crippen LogP contribution in [-0.4, -0.2) is 17.7 Å². The van der Waals surface area contributed by atoms with E-state index in [0.717, 1.165) is 6.42 Å². The molecule has 0 aromatic heterocycles. The van der Waals surface area contributed by atoms with Gasteiger partial charge in [-0.1, -0.05) is 19.3 Å². The number of benzene rings is 1. The zero-order chi connectivity index (χ0) is 12.3. The minimum atomic E-state index is -0.505. The number of nitrogens with two attached hydrogens (primary N) is 1. The Morgan fingerprint density at radius 2 is 2.24 bits per heavy atom. The summed E-state index contributed by atoms with van der Waals surface area (Å²) in [6.45, 7) is 0.414. The summed E-state index contributed by atoms with van der Waals surface area (Å²) in [6.07, 6.45) is 4.67. The van der Waals surface area contributed by atoms with Crippen LogP contribution in [0, 0.1) is 5.92 Å². The van der Waals surface area contributed by atoms with Gasteiger partial charge in [0.25, 0.3) is 0 Å². The molecule has 17 heavy (non-hydrogen) atoms. The number of ether oxygens (including phenoxy) is 1. The van der Waals surface area contributed by atoms with Crippen LogP contribution in [0.15, 0.2) is 18.2 Å². The lowest BCUT2D eigenvalue weighted by molar-refractivity contribution is 0.0461. The molecule has 1 aliphatic rings. The summed E-state index contributed by atoms with van der Waals surface area (Å²) in [4.78, 5) is 11.7. The lowest BCUT2D eigenvalue weighted by Gasteiger charge is -2.24. The van der Waals surface area contributed by atoms with E-state index < -0.39 is 5.97 Å². The molecule has 4 heteroatoms. The molecule has 0 heterocycles. The second-order valence-corrected chi connectivity index (χ2v) is 4.50. The first kappa shape index (κ1) is 11.8. The Hall–Kier alpha value is -1.71. The van der Waals surface area contributed by atoms with Crippen LogP contribution in [0.5, 0.6) is 5.75 Å².